The summed E-state index contributed by atoms with van der Waals surface area (Å²) in [7, 11) is 3.19. The lowest BCUT2D eigenvalue weighted by atomic mass is 10.1. The zero-order valence-corrected chi connectivity index (χ0v) is 19.0. The molecule has 1 saturated heterocycles. The topological polar surface area (TPSA) is 92.3 Å². The highest BCUT2D eigenvalue weighted by molar-refractivity contribution is 6.03. The van der Waals surface area contributed by atoms with Crippen molar-refractivity contribution in [3.63, 3.8) is 0 Å². The molecule has 1 aromatic heterocycles. The number of ether oxygens (including phenoxy) is 2. The van der Waals surface area contributed by atoms with Gasteiger partial charge in [0.2, 0.25) is 11.8 Å². The first-order valence-electron chi connectivity index (χ1n) is 11.2. The van der Waals surface area contributed by atoms with Gasteiger partial charge in [-0.2, -0.15) is 0 Å². The lowest BCUT2D eigenvalue weighted by Crippen LogP contribution is -2.36. The van der Waals surface area contributed by atoms with E-state index in [1.807, 2.05) is 0 Å². The smallest absolute Gasteiger partial charge is 0.268 e. The van der Waals surface area contributed by atoms with E-state index < -0.39 is 17.8 Å². The van der Waals surface area contributed by atoms with Gasteiger partial charge in [-0.05, 0) is 31.0 Å². The van der Waals surface area contributed by atoms with E-state index in [9.17, 15) is 18.8 Å². The van der Waals surface area contributed by atoms with Gasteiger partial charge < -0.3 is 24.2 Å². The van der Waals surface area contributed by atoms with E-state index in [1.54, 1.807) is 26.2 Å². The van der Waals surface area contributed by atoms with Gasteiger partial charge in [-0.25, -0.2) is 9.37 Å². The van der Waals surface area contributed by atoms with Crippen LogP contribution in [-0.2, 0) is 16.1 Å². The van der Waals surface area contributed by atoms with Gasteiger partial charge in [-0.3, -0.25) is 14.4 Å². The first kappa shape index (κ1) is 22.1. The summed E-state index contributed by atoms with van der Waals surface area (Å²) in [5.74, 6) is -0.604. The first-order chi connectivity index (χ1) is 16.3. The molecule has 0 spiro atoms. The second-order valence-electron chi connectivity index (χ2n) is 8.94. The number of carbonyl (C=O) groups excluding carboxylic acids is 3. The van der Waals surface area contributed by atoms with Crippen LogP contribution in [0.4, 0.5) is 10.1 Å². The Morgan fingerprint density at radius 1 is 1.18 bits per heavy atom. The number of pyridine rings is 1. The largest absolute Gasteiger partial charge is 0.479 e. The van der Waals surface area contributed by atoms with Crippen molar-refractivity contribution in [2.24, 2.45) is 0 Å². The molecule has 2 fully saturated rings. The van der Waals surface area contributed by atoms with Crippen LogP contribution in [0.25, 0.3) is 0 Å². The lowest BCUT2D eigenvalue weighted by molar-refractivity contribution is -0.129. The van der Waals surface area contributed by atoms with Gasteiger partial charge in [0, 0.05) is 49.9 Å². The molecule has 2 aliphatic heterocycles. The highest BCUT2D eigenvalue weighted by Crippen LogP contribution is 2.33. The standard InChI is InChI=1S/C24H25FN4O5/c1-27(2)22(30)13-28-12-18-17(23(28)31)9-14(10-19(18)25)29-8-7-20(24(29)32)33-16-5-6-21(26-11-16)34-15-3-4-15/h5-6,9-11,15,20H,3-4,7-8,12-13H2,1-2H3. The minimum atomic E-state index is -0.738. The van der Waals surface area contributed by atoms with E-state index in [1.165, 1.54) is 33.0 Å². The van der Waals surface area contributed by atoms with E-state index in [0.717, 1.165) is 12.8 Å². The van der Waals surface area contributed by atoms with Crippen LogP contribution in [0.15, 0.2) is 30.5 Å². The summed E-state index contributed by atoms with van der Waals surface area (Å²) in [6, 6.07) is 6.19. The number of amides is 3. The van der Waals surface area contributed by atoms with Crippen LogP contribution in [0.3, 0.4) is 0 Å². The Bertz CT molecular complexity index is 1150. The molecule has 1 aromatic carbocycles. The Morgan fingerprint density at radius 2 is 1.97 bits per heavy atom. The van der Waals surface area contributed by atoms with Crippen molar-refractivity contribution in [2.75, 3.05) is 32.1 Å². The summed E-state index contributed by atoms with van der Waals surface area (Å²) in [5, 5.41) is 0. The fraction of sp³-hybridized carbons (Fsp3) is 0.417. The van der Waals surface area contributed by atoms with Crippen LogP contribution in [0.5, 0.6) is 11.6 Å². The molecule has 3 heterocycles. The second-order valence-corrected chi connectivity index (χ2v) is 8.94. The van der Waals surface area contributed by atoms with Gasteiger partial charge >= 0.3 is 0 Å². The maximum absolute atomic E-state index is 14.9. The molecule has 3 amide bonds. The molecule has 1 atom stereocenters. The first-order valence-corrected chi connectivity index (χ1v) is 11.2. The van der Waals surface area contributed by atoms with E-state index in [-0.39, 0.29) is 42.1 Å². The van der Waals surface area contributed by atoms with Crippen molar-refractivity contribution in [3.8, 4) is 11.6 Å². The van der Waals surface area contributed by atoms with Gasteiger partial charge in [0.15, 0.2) is 6.10 Å². The number of benzene rings is 1. The Kier molecular flexibility index (Phi) is 5.59. The number of carbonyl (C=O) groups is 3. The molecule has 0 N–H and O–H groups in total. The number of hydrogen-bond acceptors (Lipinski definition) is 6. The number of hydrogen-bond donors (Lipinski definition) is 0. The fourth-order valence-electron chi connectivity index (χ4n) is 4.04. The Labute approximate surface area is 196 Å². The van der Waals surface area contributed by atoms with Crippen LogP contribution in [0.2, 0.25) is 0 Å². The van der Waals surface area contributed by atoms with E-state index in [4.69, 9.17) is 9.47 Å². The van der Waals surface area contributed by atoms with Gasteiger partial charge in [-0.15, -0.1) is 0 Å². The van der Waals surface area contributed by atoms with E-state index in [2.05, 4.69) is 4.98 Å². The highest BCUT2D eigenvalue weighted by Gasteiger charge is 2.37. The van der Waals surface area contributed by atoms with Gasteiger partial charge in [0.05, 0.1) is 12.7 Å². The highest BCUT2D eigenvalue weighted by atomic mass is 19.1. The molecule has 3 aliphatic rings. The SMILES string of the molecule is CN(C)C(=O)CN1Cc2c(F)cc(N3CCC(Oc4ccc(OC5CC5)nc4)C3=O)cc2C1=O. The van der Waals surface area contributed by atoms with Crippen LogP contribution >= 0.6 is 0 Å². The van der Waals surface area contributed by atoms with E-state index >= 15 is 0 Å². The van der Waals surface area contributed by atoms with Crippen LogP contribution < -0.4 is 14.4 Å². The van der Waals surface area contributed by atoms with Crippen molar-refractivity contribution in [1.29, 1.82) is 0 Å². The van der Waals surface area contributed by atoms with Crippen molar-refractivity contribution in [3.05, 3.63) is 47.4 Å². The molecule has 178 valence electrons. The molecule has 0 bridgehead atoms. The molecule has 34 heavy (non-hydrogen) atoms. The third-order valence-corrected chi connectivity index (χ3v) is 6.14. The maximum Gasteiger partial charge on any atom is 0.268 e. The van der Waals surface area contributed by atoms with Crippen molar-refractivity contribution < 1.29 is 28.2 Å². The second kappa shape index (κ2) is 8.58. The minimum Gasteiger partial charge on any atom is -0.479 e. The van der Waals surface area contributed by atoms with E-state index in [0.29, 0.717) is 30.3 Å². The molecule has 5 rings (SSSR count). The molecule has 10 heteroatoms. The minimum absolute atomic E-state index is 0.0208. The summed E-state index contributed by atoms with van der Waals surface area (Å²) < 4.78 is 26.3. The van der Waals surface area contributed by atoms with Crippen molar-refractivity contribution in [2.45, 2.75) is 38.0 Å². The lowest BCUT2D eigenvalue weighted by Gasteiger charge is -2.18. The summed E-state index contributed by atoms with van der Waals surface area (Å²) >= 11 is 0. The number of halogens is 1. The zero-order chi connectivity index (χ0) is 24.0. The van der Waals surface area contributed by atoms with Crippen LogP contribution in [0, 0.1) is 5.82 Å². The number of anilines is 1. The third kappa shape index (κ3) is 4.27. The summed E-state index contributed by atoms with van der Waals surface area (Å²) in [4.78, 5) is 46.1. The maximum atomic E-state index is 14.9. The number of fused-ring (bicyclic) bond motifs is 1. The molecule has 1 saturated carbocycles. The summed E-state index contributed by atoms with van der Waals surface area (Å²) in [5.41, 5.74) is 0.710. The number of rotatable bonds is 7. The molecule has 2 aromatic rings. The van der Waals surface area contributed by atoms with Crippen molar-refractivity contribution >= 4 is 23.4 Å². The predicted octanol–water partition coefficient (Wildman–Crippen LogP) is 1.99. The molecule has 1 aliphatic carbocycles. The van der Waals surface area contributed by atoms with Gasteiger partial charge in [-0.1, -0.05) is 0 Å². The molecular formula is C24H25FN4O5. The summed E-state index contributed by atoms with van der Waals surface area (Å²) in [6.45, 7) is 0.217. The quantitative estimate of drug-likeness (QED) is 0.617. The van der Waals surface area contributed by atoms with Crippen molar-refractivity contribution in [1.82, 2.24) is 14.8 Å². The zero-order valence-electron chi connectivity index (χ0n) is 19.0. The number of likely N-dealkylation sites (N-methyl/N-ethyl adjacent to an activating group) is 1. The molecule has 9 nitrogen and oxygen atoms in total. The average Bonchev–Trinajstić information content (AvgIpc) is 3.48. The monoisotopic (exact) mass is 468 g/mol. The summed E-state index contributed by atoms with van der Waals surface area (Å²) in [6.07, 6.45) is 3.50. The average molecular weight is 468 g/mol. The Hall–Kier alpha value is -3.69. The van der Waals surface area contributed by atoms with Gasteiger partial charge in [0.1, 0.15) is 24.2 Å². The van der Waals surface area contributed by atoms with Gasteiger partial charge in [0.25, 0.3) is 11.8 Å². The number of nitrogens with zero attached hydrogens (tertiary/aromatic N) is 4. The molecule has 1 unspecified atom stereocenters. The number of aromatic nitrogens is 1. The molecule has 0 radical (unpaired) electrons. The van der Waals surface area contributed by atoms with Crippen LogP contribution in [0.1, 0.15) is 35.2 Å². The Morgan fingerprint density at radius 3 is 2.65 bits per heavy atom. The normalized spacial score (nSPS) is 19.4. The fourth-order valence-corrected chi connectivity index (χ4v) is 4.04. The third-order valence-electron chi connectivity index (χ3n) is 6.14. The predicted molar refractivity (Wildman–Crippen MR) is 119 cm³/mol. The van der Waals surface area contributed by atoms with Crippen LogP contribution in [-0.4, -0.2) is 71.9 Å². The molecular weight excluding hydrogens is 443 g/mol. The Balaban J connectivity index is 1.27.